The molecule has 0 aliphatic heterocycles. The summed E-state index contributed by atoms with van der Waals surface area (Å²) in [7, 11) is 2.16. The van der Waals surface area contributed by atoms with Crippen molar-refractivity contribution in [1.82, 2.24) is 9.30 Å². The van der Waals surface area contributed by atoms with Crippen molar-refractivity contribution < 1.29 is 0 Å². The van der Waals surface area contributed by atoms with E-state index in [9.17, 15) is 5.26 Å². The molecule has 3 heteroatoms. The number of hydrogen-bond donors (Lipinski definition) is 0. The molecular weight excluding hydrogens is 234 g/mol. The Morgan fingerprint density at radius 2 is 2.26 bits per heavy atom. The van der Waals surface area contributed by atoms with Crippen LogP contribution in [0.5, 0.6) is 0 Å². The van der Waals surface area contributed by atoms with E-state index in [4.69, 9.17) is 0 Å². The lowest BCUT2D eigenvalue weighted by molar-refractivity contribution is 0.226. The lowest BCUT2D eigenvalue weighted by Gasteiger charge is -2.24. The quantitative estimate of drug-likeness (QED) is 0.838. The number of pyridine rings is 1. The minimum absolute atomic E-state index is 0.606. The highest BCUT2D eigenvalue weighted by Gasteiger charge is 2.30. The smallest absolute Gasteiger partial charge is 0.102 e. The van der Waals surface area contributed by atoms with Crippen molar-refractivity contribution in [3.63, 3.8) is 0 Å². The molecule has 0 N–H and O–H groups in total. The fraction of sp³-hybridized carbons (Fsp3) is 0.438. The van der Waals surface area contributed by atoms with Gasteiger partial charge in [0.2, 0.25) is 0 Å². The van der Waals surface area contributed by atoms with Crippen molar-refractivity contribution in [1.29, 1.82) is 5.26 Å². The van der Waals surface area contributed by atoms with Gasteiger partial charge in [0.15, 0.2) is 0 Å². The van der Waals surface area contributed by atoms with E-state index in [1.54, 1.807) is 0 Å². The Bertz CT molecular complexity index is 631. The number of hydrogen-bond acceptors (Lipinski definition) is 2. The predicted octanol–water partition coefficient (Wildman–Crippen LogP) is 3.04. The SMILES string of the molecule is C[C@H](C1CC1)N(C)Cc1cn2ccccc2c1C#N. The fourth-order valence-corrected chi connectivity index (χ4v) is 2.78. The Labute approximate surface area is 114 Å². The Balaban J connectivity index is 1.89. The van der Waals surface area contributed by atoms with Crippen molar-refractivity contribution >= 4 is 5.52 Å². The zero-order valence-corrected chi connectivity index (χ0v) is 11.5. The standard InChI is InChI=1S/C16H19N3/c1-12(13-6-7-13)18(2)10-14-11-19-8-4-3-5-16(19)15(14)9-17/h3-5,8,11-13H,6-7,10H2,1-2H3/t12-/m1/s1. The van der Waals surface area contributed by atoms with Gasteiger partial charge in [0.05, 0.1) is 11.1 Å². The first-order chi connectivity index (χ1) is 9.20. The third-order valence-electron chi connectivity index (χ3n) is 4.29. The summed E-state index contributed by atoms with van der Waals surface area (Å²) in [5.41, 5.74) is 2.95. The predicted molar refractivity (Wildman–Crippen MR) is 75.8 cm³/mol. The lowest BCUT2D eigenvalue weighted by atomic mass is 10.1. The van der Waals surface area contributed by atoms with Gasteiger partial charge in [-0.25, -0.2) is 0 Å². The van der Waals surface area contributed by atoms with Crippen LogP contribution in [-0.4, -0.2) is 22.4 Å². The van der Waals surface area contributed by atoms with Crippen molar-refractivity contribution in [2.24, 2.45) is 5.92 Å². The van der Waals surface area contributed by atoms with E-state index in [0.29, 0.717) is 6.04 Å². The second kappa shape index (κ2) is 4.71. The van der Waals surface area contributed by atoms with Gasteiger partial charge in [0.25, 0.3) is 0 Å². The van der Waals surface area contributed by atoms with Crippen molar-refractivity contribution in [3.05, 3.63) is 41.7 Å². The monoisotopic (exact) mass is 253 g/mol. The van der Waals surface area contributed by atoms with Gasteiger partial charge in [0.1, 0.15) is 6.07 Å². The van der Waals surface area contributed by atoms with Crippen LogP contribution in [0, 0.1) is 17.2 Å². The highest BCUT2D eigenvalue weighted by atomic mass is 15.1. The van der Waals surface area contributed by atoms with Crippen LogP contribution in [0.25, 0.3) is 5.52 Å². The Morgan fingerprint density at radius 3 is 2.95 bits per heavy atom. The molecule has 2 aromatic heterocycles. The van der Waals surface area contributed by atoms with Gasteiger partial charge in [-0.05, 0) is 44.9 Å². The third-order valence-corrected chi connectivity index (χ3v) is 4.29. The van der Waals surface area contributed by atoms with Gasteiger partial charge >= 0.3 is 0 Å². The molecule has 0 amide bonds. The van der Waals surface area contributed by atoms with E-state index in [2.05, 4.69) is 31.1 Å². The number of nitriles is 1. The minimum atomic E-state index is 0.606. The largest absolute Gasteiger partial charge is 0.322 e. The molecule has 3 nitrogen and oxygen atoms in total. The zero-order valence-electron chi connectivity index (χ0n) is 11.5. The van der Waals surface area contributed by atoms with E-state index in [-0.39, 0.29) is 0 Å². The van der Waals surface area contributed by atoms with Crippen molar-refractivity contribution in [2.45, 2.75) is 32.4 Å². The van der Waals surface area contributed by atoms with E-state index in [1.165, 1.54) is 12.8 Å². The highest BCUT2D eigenvalue weighted by molar-refractivity contribution is 5.65. The van der Waals surface area contributed by atoms with Gasteiger partial charge in [-0.2, -0.15) is 5.26 Å². The van der Waals surface area contributed by atoms with Gasteiger partial charge in [-0.3, -0.25) is 4.90 Å². The molecule has 3 rings (SSSR count). The highest BCUT2D eigenvalue weighted by Crippen LogP contribution is 2.35. The van der Waals surface area contributed by atoms with Crippen LogP contribution in [0.2, 0.25) is 0 Å². The van der Waals surface area contributed by atoms with E-state index in [1.807, 2.05) is 28.8 Å². The normalized spacial score (nSPS) is 16.7. The molecule has 0 unspecified atom stereocenters. The first-order valence-corrected chi connectivity index (χ1v) is 6.89. The molecule has 1 aliphatic rings. The Hall–Kier alpha value is -1.79. The van der Waals surface area contributed by atoms with Crippen molar-refractivity contribution in [2.75, 3.05) is 7.05 Å². The Morgan fingerprint density at radius 1 is 1.47 bits per heavy atom. The summed E-state index contributed by atoms with van der Waals surface area (Å²) in [6.45, 7) is 3.14. The first kappa shape index (κ1) is 12.3. The maximum absolute atomic E-state index is 9.40. The summed E-state index contributed by atoms with van der Waals surface area (Å²) >= 11 is 0. The molecular formula is C16H19N3. The maximum atomic E-state index is 9.40. The topological polar surface area (TPSA) is 31.4 Å². The molecule has 1 atom stereocenters. The average molecular weight is 253 g/mol. The second-order valence-electron chi connectivity index (χ2n) is 5.63. The molecule has 1 saturated carbocycles. The molecule has 98 valence electrons. The minimum Gasteiger partial charge on any atom is -0.322 e. The zero-order chi connectivity index (χ0) is 13.4. The van der Waals surface area contributed by atoms with Crippen LogP contribution in [0.15, 0.2) is 30.6 Å². The van der Waals surface area contributed by atoms with Crippen LogP contribution in [-0.2, 0) is 6.54 Å². The number of rotatable bonds is 4. The molecule has 0 spiro atoms. The fourth-order valence-electron chi connectivity index (χ4n) is 2.78. The van der Waals surface area contributed by atoms with Crippen LogP contribution in [0.3, 0.4) is 0 Å². The molecule has 0 radical (unpaired) electrons. The van der Waals surface area contributed by atoms with Gasteiger partial charge in [-0.1, -0.05) is 6.07 Å². The van der Waals surface area contributed by atoms with E-state index >= 15 is 0 Å². The van der Waals surface area contributed by atoms with Gasteiger partial charge < -0.3 is 4.40 Å². The summed E-state index contributed by atoms with van der Waals surface area (Å²) in [6, 6.07) is 8.95. The Kier molecular flexibility index (Phi) is 3.04. The van der Waals surface area contributed by atoms with Crippen LogP contribution in [0.1, 0.15) is 30.9 Å². The van der Waals surface area contributed by atoms with Crippen molar-refractivity contribution in [3.8, 4) is 6.07 Å². The summed E-state index contributed by atoms with van der Waals surface area (Å²) in [4.78, 5) is 2.37. The van der Waals surface area contributed by atoms with Crippen LogP contribution in [0.4, 0.5) is 0 Å². The second-order valence-corrected chi connectivity index (χ2v) is 5.63. The first-order valence-electron chi connectivity index (χ1n) is 6.89. The molecule has 1 fully saturated rings. The summed E-state index contributed by atoms with van der Waals surface area (Å²) in [5, 5.41) is 9.40. The molecule has 1 aliphatic carbocycles. The van der Waals surface area contributed by atoms with E-state index < -0.39 is 0 Å². The molecule has 19 heavy (non-hydrogen) atoms. The van der Waals surface area contributed by atoms with Gasteiger partial charge in [0, 0.05) is 30.5 Å². The van der Waals surface area contributed by atoms with Crippen LogP contribution < -0.4 is 0 Å². The summed E-state index contributed by atoms with van der Waals surface area (Å²) < 4.78 is 2.05. The molecule has 0 saturated heterocycles. The molecule has 0 bridgehead atoms. The molecule has 2 heterocycles. The lowest BCUT2D eigenvalue weighted by Crippen LogP contribution is -2.30. The van der Waals surface area contributed by atoms with E-state index in [0.717, 1.165) is 29.1 Å². The third kappa shape index (κ3) is 2.24. The number of aromatic nitrogens is 1. The van der Waals surface area contributed by atoms with Gasteiger partial charge in [-0.15, -0.1) is 0 Å². The number of nitrogens with zero attached hydrogens (tertiary/aromatic N) is 3. The van der Waals surface area contributed by atoms with Crippen LogP contribution >= 0.6 is 0 Å². The molecule has 2 aromatic rings. The summed E-state index contributed by atoms with van der Waals surface area (Å²) in [5.74, 6) is 0.854. The average Bonchev–Trinajstić information content (AvgIpc) is 3.20. The summed E-state index contributed by atoms with van der Waals surface area (Å²) in [6.07, 6.45) is 6.80. The molecule has 0 aromatic carbocycles. The number of fused-ring (bicyclic) bond motifs is 1. The maximum Gasteiger partial charge on any atom is 0.102 e.